The lowest BCUT2D eigenvalue weighted by atomic mass is 10.2. The molecule has 1 heterocycles. The third kappa shape index (κ3) is 6.02. The van der Waals surface area contributed by atoms with Gasteiger partial charge in [0, 0.05) is 25.0 Å². The van der Waals surface area contributed by atoms with Crippen molar-refractivity contribution in [2.24, 2.45) is 5.92 Å². The highest BCUT2D eigenvalue weighted by molar-refractivity contribution is 5.90. The molecule has 5 heteroatoms. The average Bonchev–Trinajstić information content (AvgIpc) is 2.49. The molecule has 0 spiro atoms. The zero-order valence-electron chi connectivity index (χ0n) is 15.3. The van der Waals surface area contributed by atoms with Gasteiger partial charge in [0.1, 0.15) is 0 Å². The minimum absolute atomic E-state index is 0.0312. The van der Waals surface area contributed by atoms with Crippen molar-refractivity contribution in [2.75, 3.05) is 32.5 Å². The van der Waals surface area contributed by atoms with E-state index in [-0.39, 0.29) is 5.56 Å². The van der Waals surface area contributed by atoms with Gasteiger partial charge in [-0.15, -0.1) is 0 Å². The van der Waals surface area contributed by atoms with Crippen molar-refractivity contribution in [3.05, 3.63) is 34.6 Å². The van der Waals surface area contributed by atoms with Gasteiger partial charge in [0.15, 0.2) is 5.82 Å². The van der Waals surface area contributed by atoms with Crippen LogP contribution in [0.3, 0.4) is 0 Å². The first kappa shape index (κ1) is 19.2. The van der Waals surface area contributed by atoms with Gasteiger partial charge in [0.05, 0.1) is 5.39 Å². The number of hydrogen-bond donors (Lipinski definition) is 1. The van der Waals surface area contributed by atoms with E-state index >= 15 is 0 Å². The Morgan fingerprint density at radius 3 is 2.26 bits per heavy atom. The fourth-order valence-electron chi connectivity index (χ4n) is 1.98. The molecule has 128 valence electrons. The predicted molar refractivity (Wildman–Crippen MR) is 99.2 cm³/mol. The molecule has 0 radical (unpaired) electrons. The first-order valence-corrected chi connectivity index (χ1v) is 8.25. The standard InChI is InChI=1S/C14H20N4O.C4H10/c1-4-18-14(19)12-8-6-5-7-11(12)13(16-18)15-9-10-17(2)3;1-4(2)3/h5-8H,4,9-10H2,1-3H3,(H,15,16);4H,1-3H3. The van der Waals surface area contributed by atoms with Gasteiger partial charge in [-0.05, 0) is 33.0 Å². The van der Waals surface area contributed by atoms with E-state index < -0.39 is 0 Å². The second-order valence-electron chi connectivity index (χ2n) is 6.48. The average molecular weight is 318 g/mol. The Morgan fingerprint density at radius 2 is 1.74 bits per heavy atom. The molecule has 0 aliphatic rings. The first-order valence-electron chi connectivity index (χ1n) is 8.25. The monoisotopic (exact) mass is 318 g/mol. The Morgan fingerprint density at radius 1 is 1.17 bits per heavy atom. The zero-order chi connectivity index (χ0) is 17.4. The minimum Gasteiger partial charge on any atom is -0.367 e. The molecule has 23 heavy (non-hydrogen) atoms. The van der Waals surface area contributed by atoms with E-state index in [1.807, 2.05) is 45.3 Å². The van der Waals surface area contributed by atoms with Crippen LogP contribution in [0.2, 0.25) is 0 Å². The maximum Gasteiger partial charge on any atom is 0.274 e. The summed E-state index contributed by atoms with van der Waals surface area (Å²) in [6, 6.07) is 7.59. The van der Waals surface area contributed by atoms with Crippen LogP contribution in [0.1, 0.15) is 27.7 Å². The fraction of sp³-hybridized carbons (Fsp3) is 0.556. The van der Waals surface area contributed by atoms with Crippen LogP contribution < -0.4 is 10.9 Å². The maximum absolute atomic E-state index is 12.2. The summed E-state index contributed by atoms with van der Waals surface area (Å²) in [4.78, 5) is 14.3. The van der Waals surface area contributed by atoms with Crippen molar-refractivity contribution >= 4 is 16.6 Å². The molecule has 2 aromatic rings. The van der Waals surface area contributed by atoms with Crippen LogP contribution >= 0.6 is 0 Å². The molecule has 0 saturated carbocycles. The van der Waals surface area contributed by atoms with Crippen LogP contribution in [0.5, 0.6) is 0 Å². The smallest absolute Gasteiger partial charge is 0.274 e. The Kier molecular flexibility index (Phi) is 7.75. The SMILES string of the molecule is CC(C)C.CCn1nc(NCCN(C)C)c2ccccc2c1=O. The van der Waals surface area contributed by atoms with Crippen molar-refractivity contribution in [2.45, 2.75) is 34.2 Å². The van der Waals surface area contributed by atoms with Crippen molar-refractivity contribution in [3.8, 4) is 0 Å². The van der Waals surface area contributed by atoms with Crippen LogP contribution in [-0.2, 0) is 6.54 Å². The van der Waals surface area contributed by atoms with Crippen LogP contribution in [0.15, 0.2) is 29.1 Å². The van der Waals surface area contributed by atoms with Crippen LogP contribution in [0, 0.1) is 5.92 Å². The molecule has 2 rings (SSSR count). The van der Waals surface area contributed by atoms with Crippen LogP contribution in [0.4, 0.5) is 5.82 Å². The Labute approximate surface area is 139 Å². The van der Waals surface area contributed by atoms with Crippen molar-refractivity contribution < 1.29 is 0 Å². The van der Waals surface area contributed by atoms with Gasteiger partial charge < -0.3 is 10.2 Å². The molecule has 0 atom stereocenters. The molecular formula is C18H30N4O. The highest BCUT2D eigenvalue weighted by Gasteiger charge is 2.08. The quantitative estimate of drug-likeness (QED) is 0.920. The Balaban J connectivity index is 0.000000593. The summed E-state index contributed by atoms with van der Waals surface area (Å²) in [6.45, 7) is 10.7. The van der Waals surface area contributed by atoms with Gasteiger partial charge in [-0.1, -0.05) is 39.0 Å². The first-order chi connectivity index (χ1) is 10.9. The number of anilines is 1. The second-order valence-corrected chi connectivity index (χ2v) is 6.48. The zero-order valence-corrected chi connectivity index (χ0v) is 15.3. The van der Waals surface area contributed by atoms with Gasteiger partial charge >= 0.3 is 0 Å². The highest BCUT2D eigenvalue weighted by Crippen LogP contribution is 2.17. The summed E-state index contributed by atoms with van der Waals surface area (Å²) in [5, 5.41) is 9.30. The third-order valence-corrected chi connectivity index (χ3v) is 3.02. The summed E-state index contributed by atoms with van der Waals surface area (Å²) in [5.74, 6) is 1.61. The molecule has 0 fully saturated rings. The molecule has 1 aromatic carbocycles. The number of rotatable bonds is 5. The summed E-state index contributed by atoms with van der Waals surface area (Å²) >= 11 is 0. The lowest BCUT2D eigenvalue weighted by Gasteiger charge is -2.13. The Bertz CT molecular complexity index is 659. The number of nitrogens with one attached hydrogen (secondary N) is 1. The third-order valence-electron chi connectivity index (χ3n) is 3.02. The van der Waals surface area contributed by atoms with E-state index in [2.05, 4.69) is 36.1 Å². The number of nitrogens with zero attached hydrogens (tertiary/aromatic N) is 3. The molecule has 1 aromatic heterocycles. The lowest BCUT2D eigenvalue weighted by Crippen LogP contribution is -2.26. The molecule has 0 aliphatic carbocycles. The van der Waals surface area contributed by atoms with E-state index in [4.69, 9.17) is 0 Å². The van der Waals surface area contributed by atoms with Gasteiger partial charge in [-0.25, -0.2) is 4.68 Å². The molecule has 0 saturated heterocycles. The molecule has 0 aliphatic heterocycles. The van der Waals surface area contributed by atoms with Gasteiger partial charge in [0.25, 0.3) is 5.56 Å². The number of aromatic nitrogens is 2. The molecule has 0 unspecified atom stereocenters. The molecule has 5 nitrogen and oxygen atoms in total. The second kappa shape index (κ2) is 9.30. The maximum atomic E-state index is 12.2. The van der Waals surface area contributed by atoms with Gasteiger partial charge in [-0.2, -0.15) is 5.10 Å². The largest absolute Gasteiger partial charge is 0.367 e. The Hall–Kier alpha value is -1.88. The van der Waals surface area contributed by atoms with Crippen molar-refractivity contribution in [1.29, 1.82) is 0 Å². The summed E-state index contributed by atoms with van der Waals surface area (Å²) in [6.07, 6.45) is 0. The van der Waals surface area contributed by atoms with Crippen LogP contribution in [-0.4, -0.2) is 41.9 Å². The van der Waals surface area contributed by atoms with E-state index in [9.17, 15) is 4.79 Å². The topological polar surface area (TPSA) is 50.2 Å². The van der Waals surface area contributed by atoms with Crippen molar-refractivity contribution in [1.82, 2.24) is 14.7 Å². The molecule has 0 amide bonds. The van der Waals surface area contributed by atoms with Gasteiger partial charge in [-0.3, -0.25) is 4.79 Å². The number of fused-ring (bicyclic) bond motifs is 1. The normalized spacial score (nSPS) is 10.8. The molecule has 0 bridgehead atoms. The van der Waals surface area contributed by atoms with E-state index in [0.717, 1.165) is 30.2 Å². The van der Waals surface area contributed by atoms with Gasteiger partial charge in [0.2, 0.25) is 0 Å². The number of benzene rings is 1. The fourth-order valence-corrected chi connectivity index (χ4v) is 1.98. The molecular weight excluding hydrogens is 288 g/mol. The summed E-state index contributed by atoms with van der Waals surface area (Å²) < 4.78 is 1.50. The van der Waals surface area contributed by atoms with E-state index in [0.29, 0.717) is 11.9 Å². The number of likely N-dealkylation sites (N-methyl/N-ethyl adjacent to an activating group) is 1. The highest BCUT2D eigenvalue weighted by atomic mass is 16.1. The number of aryl methyl sites for hydroxylation is 1. The molecule has 1 N–H and O–H groups in total. The van der Waals surface area contributed by atoms with E-state index in [1.165, 1.54) is 4.68 Å². The van der Waals surface area contributed by atoms with E-state index in [1.54, 1.807) is 0 Å². The summed E-state index contributed by atoms with van der Waals surface area (Å²) in [5.41, 5.74) is -0.0312. The minimum atomic E-state index is -0.0312. The van der Waals surface area contributed by atoms with Crippen LogP contribution in [0.25, 0.3) is 10.8 Å². The summed E-state index contributed by atoms with van der Waals surface area (Å²) in [7, 11) is 4.06. The number of hydrogen-bond acceptors (Lipinski definition) is 4. The predicted octanol–water partition coefficient (Wildman–Crippen LogP) is 3.05. The lowest BCUT2D eigenvalue weighted by molar-refractivity contribution is 0.425. The van der Waals surface area contributed by atoms with Crippen molar-refractivity contribution in [3.63, 3.8) is 0 Å².